The van der Waals surface area contributed by atoms with Gasteiger partial charge in [0.05, 0.1) is 12.7 Å². The van der Waals surface area contributed by atoms with Crippen LogP contribution in [-0.4, -0.2) is 23.5 Å². The van der Waals surface area contributed by atoms with Gasteiger partial charge in [-0.25, -0.2) is 4.79 Å². The van der Waals surface area contributed by atoms with E-state index in [0.717, 1.165) is 5.56 Å². The maximum absolute atomic E-state index is 11.5. The van der Waals surface area contributed by atoms with Crippen molar-refractivity contribution in [3.63, 3.8) is 0 Å². The first-order valence-corrected chi connectivity index (χ1v) is 6.45. The summed E-state index contributed by atoms with van der Waals surface area (Å²) in [5.74, 6) is -0.127. The van der Waals surface area contributed by atoms with E-state index in [0.29, 0.717) is 22.6 Å². The van der Waals surface area contributed by atoms with Crippen LogP contribution in [0.25, 0.3) is 0 Å². The zero-order chi connectivity index (χ0) is 12.3. The van der Waals surface area contributed by atoms with Crippen LogP contribution in [0.5, 0.6) is 0 Å². The Morgan fingerprint density at radius 1 is 1.50 bits per heavy atom. The van der Waals surface area contributed by atoms with Crippen LogP contribution >= 0.6 is 0 Å². The number of ether oxygens (including phenoxy) is 1. The van der Waals surface area contributed by atoms with Gasteiger partial charge >= 0.3 is 5.97 Å². The number of carbonyl (C=O) groups is 1. The molecule has 0 radical (unpaired) electrons. The van der Waals surface area contributed by atoms with Crippen LogP contribution < -0.4 is 5.73 Å². The fourth-order valence-electron chi connectivity index (χ4n) is 1.42. The molecule has 1 aromatic rings. The van der Waals surface area contributed by atoms with Crippen molar-refractivity contribution >= 4 is 22.5 Å². The first kappa shape index (κ1) is 12.7. The molecule has 0 heterocycles. The summed E-state index contributed by atoms with van der Waals surface area (Å²) in [5.41, 5.74) is 8.23. The first-order valence-electron chi connectivity index (χ1n) is 4.73. The van der Waals surface area contributed by atoms with E-state index in [1.54, 1.807) is 18.4 Å². The fourth-order valence-corrected chi connectivity index (χ4v) is 2.10. The third kappa shape index (κ3) is 2.82. The van der Waals surface area contributed by atoms with E-state index in [9.17, 15) is 9.00 Å². The van der Waals surface area contributed by atoms with E-state index in [1.165, 1.54) is 7.11 Å². The van der Waals surface area contributed by atoms with Gasteiger partial charge in [-0.1, -0.05) is 6.07 Å². The highest BCUT2D eigenvalue weighted by Crippen LogP contribution is 2.20. The monoisotopic (exact) mass is 241 g/mol. The largest absolute Gasteiger partial charge is 0.465 e. The lowest BCUT2D eigenvalue weighted by molar-refractivity contribution is 0.0600. The molecule has 2 N–H and O–H groups in total. The van der Waals surface area contributed by atoms with Gasteiger partial charge < -0.3 is 10.5 Å². The number of aryl methyl sites for hydroxylation is 1. The molecule has 1 atom stereocenters. The maximum Gasteiger partial charge on any atom is 0.338 e. The summed E-state index contributed by atoms with van der Waals surface area (Å²) in [6.45, 7) is 1.85. The molecule has 1 rings (SSSR count). The van der Waals surface area contributed by atoms with E-state index in [-0.39, 0.29) is 0 Å². The molecule has 0 aromatic heterocycles. The van der Waals surface area contributed by atoms with Gasteiger partial charge in [-0.15, -0.1) is 0 Å². The molecule has 0 bridgehead atoms. The van der Waals surface area contributed by atoms with E-state index < -0.39 is 16.8 Å². The summed E-state index contributed by atoms with van der Waals surface area (Å²) in [6.07, 6.45) is 1.59. The molecule has 0 fully saturated rings. The molecule has 0 aliphatic heterocycles. The molecular formula is C11H15NO3S. The minimum absolute atomic E-state index is 0.325. The molecule has 16 heavy (non-hydrogen) atoms. The SMILES string of the molecule is COC(=O)c1cc(N)c(C)cc1CS(C)=O. The number of carbonyl (C=O) groups excluding carboxylic acids is 1. The quantitative estimate of drug-likeness (QED) is 0.638. The second-order valence-electron chi connectivity index (χ2n) is 3.58. The Labute approximate surface area is 97.2 Å². The van der Waals surface area contributed by atoms with E-state index in [2.05, 4.69) is 4.74 Å². The maximum atomic E-state index is 11.5. The van der Waals surface area contributed by atoms with Crippen LogP contribution in [0.3, 0.4) is 0 Å². The topological polar surface area (TPSA) is 69.4 Å². The summed E-state index contributed by atoms with van der Waals surface area (Å²) in [4.78, 5) is 11.5. The fraction of sp³-hybridized carbons (Fsp3) is 0.364. The molecular weight excluding hydrogens is 226 g/mol. The molecule has 0 saturated carbocycles. The minimum Gasteiger partial charge on any atom is -0.465 e. The summed E-state index contributed by atoms with van der Waals surface area (Å²) >= 11 is 0. The number of methoxy groups -OCH3 is 1. The predicted molar refractivity (Wildman–Crippen MR) is 64.7 cm³/mol. The summed E-state index contributed by atoms with van der Waals surface area (Å²) in [7, 11) is 0.302. The summed E-state index contributed by atoms with van der Waals surface area (Å²) in [5, 5.41) is 0. The lowest BCUT2D eigenvalue weighted by Gasteiger charge is -2.10. The van der Waals surface area contributed by atoms with Crippen molar-refractivity contribution in [3.8, 4) is 0 Å². The number of benzene rings is 1. The smallest absolute Gasteiger partial charge is 0.338 e. The Kier molecular flexibility index (Phi) is 4.06. The normalized spacial score (nSPS) is 12.2. The van der Waals surface area contributed by atoms with Crippen LogP contribution in [0.1, 0.15) is 21.5 Å². The number of rotatable bonds is 3. The van der Waals surface area contributed by atoms with Gasteiger partial charge in [0, 0.05) is 28.5 Å². The number of anilines is 1. The van der Waals surface area contributed by atoms with Gasteiger partial charge in [0.2, 0.25) is 0 Å². The Hall–Kier alpha value is -1.36. The summed E-state index contributed by atoms with van der Waals surface area (Å²) < 4.78 is 15.9. The van der Waals surface area contributed by atoms with Gasteiger partial charge in [0.25, 0.3) is 0 Å². The lowest BCUT2D eigenvalue weighted by Crippen LogP contribution is -2.09. The van der Waals surface area contributed by atoms with Crippen LogP contribution in [0.2, 0.25) is 0 Å². The van der Waals surface area contributed by atoms with Crippen molar-refractivity contribution in [1.82, 2.24) is 0 Å². The molecule has 0 spiro atoms. The molecule has 0 aliphatic carbocycles. The van der Waals surface area contributed by atoms with E-state index in [1.807, 2.05) is 6.92 Å². The molecule has 1 aromatic carbocycles. The van der Waals surface area contributed by atoms with Crippen molar-refractivity contribution in [2.75, 3.05) is 19.1 Å². The zero-order valence-corrected chi connectivity index (χ0v) is 10.4. The average molecular weight is 241 g/mol. The third-order valence-corrected chi connectivity index (χ3v) is 2.97. The van der Waals surface area contributed by atoms with Crippen molar-refractivity contribution in [1.29, 1.82) is 0 Å². The second kappa shape index (κ2) is 5.12. The molecule has 1 unspecified atom stereocenters. The highest BCUT2D eigenvalue weighted by Gasteiger charge is 2.14. The van der Waals surface area contributed by atoms with Gasteiger partial charge in [-0.2, -0.15) is 0 Å². The van der Waals surface area contributed by atoms with Crippen LogP contribution in [0, 0.1) is 6.92 Å². The molecule has 0 aliphatic rings. The highest BCUT2D eigenvalue weighted by atomic mass is 32.2. The number of esters is 1. The number of nitrogens with two attached hydrogens (primary N) is 1. The van der Waals surface area contributed by atoms with Crippen LogP contribution in [0.15, 0.2) is 12.1 Å². The molecule has 0 amide bonds. The number of hydrogen-bond acceptors (Lipinski definition) is 4. The van der Waals surface area contributed by atoms with Crippen molar-refractivity contribution < 1.29 is 13.7 Å². The molecule has 4 nitrogen and oxygen atoms in total. The van der Waals surface area contributed by atoms with Crippen molar-refractivity contribution in [2.45, 2.75) is 12.7 Å². The Balaban J connectivity index is 3.27. The van der Waals surface area contributed by atoms with E-state index in [4.69, 9.17) is 5.73 Å². The number of nitrogen functional groups attached to an aromatic ring is 1. The Bertz CT molecular complexity index is 443. The standard InChI is InChI=1S/C11H15NO3S/c1-7-4-8(6-16(3)14)9(5-10(7)12)11(13)15-2/h4-5H,6,12H2,1-3H3. The minimum atomic E-state index is -1.01. The average Bonchev–Trinajstić information content (AvgIpc) is 2.21. The molecule has 88 valence electrons. The van der Waals surface area contributed by atoms with Crippen LogP contribution in [-0.2, 0) is 21.3 Å². The van der Waals surface area contributed by atoms with Crippen LogP contribution in [0.4, 0.5) is 5.69 Å². The van der Waals surface area contributed by atoms with Crippen molar-refractivity contribution in [2.24, 2.45) is 0 Å². The summed E-state index contributed by atoms with van der Waals surface area (Å²) in [6, 6.07) is 3.35. The van der Waals surface area contributed by atoms with Crippen molar-refractivity contribution in [3.05, 3.63) is 28.8 Å². The molecule has 5 heteroatoms. The Morgan fingerprint density at radius 3 is 2.62 bits per heavy atom. The van der Waals surface area contributed by atoms with Gasteiger partial charge in [0.15, 0.2) is 0 Å². The molecule has 0 saturated heterocycles. The number of hydrogen-bond donors (Lipinski definition) is 1. The third-order valence-electron chi connectivity index (χ3n) is 2.26. The van der Waals surface area contributed by atoms with Gasteiger partial charge in [-0.3, -0.25) is 4.21 Å². The zero-order valence-electron chi connectivity index (χ0n) is 9.57. The van der Waals surface area contributed by atoms with Gasteiger partial charge in [0.1, 0.15) is 0 Å². The van der Waals surface area contributed by atoms with Gasteiger partial charge in [-0.05, 0) is 24.1 Å². The second-order valence-corrected chi connectivity index (χ2v) is 5.01. The van der Waals surface area contributed by atoms with E-state index >= 15 is 0 Å². The first-order chi connectivity index (χ1) is 7.45. The predicted octanol–water partition coefficient (Wildman–Crippen LogP) is 1.24. The lowest BCUT2D eigenvalue weighted by atomic mass is 10.0. The highest BCUT2D eigenvalue weighted by molar-refractivity contribution is 7.83. The Morgan fingerprint density at radius 2 is 2.12 bits per heavy atom.